The molecule has 22 heavy (non-hydrogen) atoms. The molecule has 3 rings (SSSR count). The molecule has 1 aliphatic rings. The quantitative estimate of drug-likeness (QED) is 0.773. The van der Waals surface area contributed by atoms with Crippen LogP contribution in [0.1, 0.15) is 11.5 Å². The third kappa shape index (κ3) is 2.47. The second kappa shape index (κ2) is 5.68. The van der Waals surface area contributed by atoms with Crippen LogP contribution in [0.5, 0.6) is 0 Å². The number of nitrogens with zero attached hydrogens (tertiary/aromatic N) is 6. The second-order valence-corrected chi connectivity index (χ2v) is 5.92. The van der Waals surface area contributed by atoms with E-state index in [4.69, 9.17) is 12.2 Å². The van der Waals surface area contributed by atoms with Crippen LogP contribution in [-0.4, -0.2) is 63.0 Å². The van der Waals surface area contributed by atoms with Gasteiger partial charge >= 0.3 is 0 Å². The van der Waals surface area contributed by atoms with Crippen LogP contribution in [-0.2, 0) is 7.05 Å². The van der Waals surface area contributed by atoms with Crippen molar-refractivity contribution in [2.24, 2.45) is 7.05 Å². The van der Waals surface area contributed by atoms with Crippen molar-refractivity contribution < 1.29 is 0 Å². The highest BCUT2D eigenvalue weighted by Gasteiger charge is 2.23. The van der Waals surface area contributed by atoms with Gasteiger partial charge in [-0.05, 0) is 26.1 Å². The highest BCUT2D eigenvalue weighted by atomic mass is 32.1. The Balaban J connectivity index is 1.93. The first-order chi connectivity index (χ1) is 10.5. The Morgan fingerprint density at radius 3 is 2.45 bits per heavy atom. The van der Waals surface area contributed by atoms with Gasteiger partial charge in [0.25, 0.3) is 0 Å². The molecule has 1 N–H and O–H groups in total. The molecule has 7 nitrogen and oxygen atoms in total. The van der Waals surface area contributed by atoms with Crippen LogP contribution in [0.2, 0.25) is 0 Å². The van der Waals surface area contributed by atoms with Crippen LogP contribution in [0, 0.1) is 13.8 Å². The van der Waals surface area contributed by atoms with Gasteiger partial charge in [0.05, 0.1) is 5.69 Å². The molecule has 0 aliphatic carbocycles. The number of piperazine rings is 1. The molecule has 0 radical (unpaired) electrons. The van der Waals surface area contributed by atoms with Crippen molar-refractivity contribution in [3.8, 4) is 0 Å². The summed E-state index contributed by atoms with van der Waals surface area (Å²) in [5.41, 5.74) is 2.89. The summed E-state index contributed by atoms with van der Waals surface area (Å²) in [6.45, 7) is 7.47. The maximum atomic E-state index is 5.31. The Labute approximate surface area is 135 Å². The highest BCUT2D eigenvalue weighted by Crippen LogP contribution is 2.26. The standard InChI is InChI=1S/C14H21N7S/c1-9-11-12(19(4)18-9)13(17-10(2)16-11)20-5-7-21(8-6-20)14(22)15-3/h5-8H2,1-4H3,(H,15,22). The molecule has 1 fully saturated rings. The van der Waals surface area contributed by atoms with Crippen LogP contribution in [0.3, 0.4) is 0 Å². The van der Waals surface area contributed by atoms with Crippen molar-refractivity contribution in [1.29, 1.82) is 0 Å². The van der Waals surface area contributed by atoms with Gasteiger partial charge in [-0.2, -0.15) is 5.10 Å². The number of hydrogen-bond acceptors (Lipinski definition) is 5. The summed E-state index contributed by atoms with van der Waals surface area (Å²) in [5.74, 6) is 1.76. The van der Waals surface area contributed by atoms with Gasteiger partial charge in [-0.15, -0.1) is 0 Å². The van der Waals surface area contributed by atoms with Crippen LogP contribution < -0.4 is 10.2 Å². The van der Waals surface area contributed by atoms with Crippen molar-refractivity contribution in [2.45, 2.75) is 13.8 Å². The van der Waals surface area contributed by atoms with Gasteiger partial charge in [0, 0.05) is 40.3 Å². The molecule has 1 saturated heterocycles. The fraction of sp³-hybridized carbons (Fsp3) is 0.571. The Bertz CT molecular complexity index is 716. The zero-order valence-corrected chi connectivity index (χ0v) is 14.2. The van der Waals surface area contributed by atoms with Crippen molar-refractivity contribution in [2.75, 3.05) is 38.1 Å². The third-order valence-corrected chi connectivity index (χ3v) is 4.49. The van der Waals surface area contributed by atoms with E-state index < -0.39 is 0 Å². The Kier molecular flexibility index (Phi) is 3.86. The highest BCUT2D eigenvalue weighted by molar-refractivity contribution is 7.80. The zero-order chi connectivity index (χ0) is 15.9. The number of nitrogens with one attached hydrogen (secondary N) is 1. The predicted molar refractivity (Wildman–Crippen MR) is 91.2 cm³/mol. The van der Waals surface area contributed by atoms with Gasteiger partial charge in [0.1, 0.15) is 16.9 Å². The molecule has 3 heterocycles. The van der Waals surface area contributed by atoms with E-state index in [-0.39, 0.29) is 0 Å². The zero-order valence-electron chi connectivity index (χ0n) is 13.4. The lowest BCUT2D eigenvalue weighted by Crippen LogP contribution is -2.51. The van der Waals surface area contributed by atoms with E-state index in [1.54, 1.807) is 0 Å². The first-order valence-electron chi connectivity index (χ1n) is 7.41. The molecule has 2 aromatic rings. The van der Waals surface area contributed by atoms with Crippen LogP contribution in [0.4, 0.5) is 5.82 Å². The van der Waals surface area contributed by atoms with Crippen molar-refractivity contribution in [1.82, 2.24) is 30.0 Å². The maximum absolute atomic E-state index is 5.31. The van der Waals surface area contributed by atoms with Gasteiger partial charge in [-0.1, -0.05) is 0 Å². The van der Waals surface area contributed by atoms with Gasteiger partial charge in [0.15, 0.2) is 10.9 Å². The normalized spacial score (nSPS) is 15.5. The molecule has 8 heteroatoms. The lowest BCUT2D eigenvalue weighted by atomic mass is 10.3. The lowest BCUT2D eigenvalue weighted by molar-refractivity contribution is 0.381. The van der Waals surface area contributed by atoms with Gasteiger partial charge in [0.2, 0.25) is 0 Å². The van der Waals surface area contributed by atoms with Gasteiger partial charge in [-0.25, -0.2) is 9.97 Å². The average molecular weight is 319 g/mol. The molecule has 0 spiro atoms. The first kappa shape index (κ1) is 15.0. The maximum Gasteiger partial charge on any atom is 0.168 e. The van der Waals surface area contributed by atoms with Crippen molar-refractivity contribution >= 4 is 34.2 Å². The number of anilines is 1. The number of fused-ring (bicyclic) bond motifs is 1. The molecule has 2 aromatic heterocycles. The Hall–Kier alpha value is -1.96. The molecule has 0 amide bonds. The van der Waals surface area contributed by atoms with Gasteiger partial charge in [-0.3, -0.25) is 4.68 Å². The predicted octanol–water partition coefficient (Wildman–Crippen LogP) is 0.606. The van der Waals surface area contributed by atoms with Gasteiger partial charge < -0.3 is 15.1 Å². The van der Waals surface area contributed by atoms with Crippen LogP contribution in [0.25, 0.3) is 11.0 Å². The number of aromatic nitrogens is 4. The summed E-state index contributed by atoms with van der Waals surface area (Å²) in [6, 6.07) is 0. The van der Waals surface area contributed by atoms with E-state index in [9.17, 15) is 0 Å². The minimum atomic E-state index is 0.784. The first-order valence-corrected chi connectivity index (χ1v) is 7.81. The average Bonchev–Trinajstić information content (AvgIpc) is 2.80. The summed E-state index contributed by atoms with van der Waals surface area (Å²) >= 11 is 5.31. The lowest BCUT2D eigenvalue weighted by Gasteiger charge is -2.36. The minimum absolute atomic E-state index is 0.784. The topological polar surface area (TPSA) is 62.1 Å². The summed E-state index contributed by atoms with van der Waals surface area (Å²) in [6.07, 6.45) is 0. The molecule has 0 unspecified atom stereocenters. The molecule has 0 saturated carbocycles. The molecule has 0 bridgehead atoms. The summed E-state index contributed by atoms with van der Waals surface area (Å²) in [4.78, 5) is 13.7. The number of hydrogen-bond donors (Lipinski definition) is 1. The van der Waals surface area contributed by atoms with E-state index in [1.807, 2.05) is 32.6 Å². The fourth-order valence-electron chi connectivity index (χ4n) is 2.92. The number of rotatable bonds is 1. The van der Waals surface area contributed by atoms with Crippen LogP contribution in [0.15, 0.2) is 0 Å². The summed E-state index contributed by atoms with van der Waals surface area (Å²) in [5, 5.41) is 8.33. The molecule has 118 valence electrons. The van der Waals surface area contributed by atoms with E-state index in [1.165, 1.54) is 0 Å². The van der Waals surface area contributed by atoms with E-state index in [0.717, 1.165) is 59.7 Å². The molecule has 1 aliphatic heterocycles. The minimum Gasteiger partial charge on any atom is -0.366 e. The molecular weight excluding hydrogens is 298 g/mol. The smallest absolute Gasteiger partial charge is 0.168 e. The van der Waals surface area contributed by atoms with E-state index >= 15 is 0 Å². The summed E-state index contributed by atoms with van der Waals surface area (Å²) < 4.78 is 1.88. The van der Waals surface area contributed by atoms with E-state index in [0.29, 0.717) is 0 Å². The summed E-state index contributed by atoms with van der Waals surface area (Å²) in [7, 11) is 3.81. The monoisotopic (exact) mass is 319 g/mol. The Morgan fingerprint density at radius 1 is 1.14 bits per heavy atom. The van der Waals surface area contributed by atoms with E-state index in [2.05, 4.69) is 30.2 Å². The molecule has 0 aromatic carbocycles. The SMILES string of the molecule is CNC(=S)N1CCN(c2nc(C)nc3c(C)nn(C)c23)CC1. The second-order valence-electron chi connectivity index (χ2n) is 5.53. The molecule has 0 atom stereocenters. The van der Waals surface area contributed by atoms with Crippen LogP contribution >= 0.6 is 12.2 Å². The molecular formula is C14H21N7S. The van der Waals surface area contributed by atoms with Crippen molar-refractivity contribution in [3.05, 3.63) is 11.5 Å². The number of aryl methyl sites for hydroxylation is 3. The third-order valence-electron chi connectivity index (χ3n) is 4.02. The largest absolute Gasteiger partial charge is 0.366 e. The fourth-order valence-corrected chi connectivity index (χ4v) is 3.11. The number of thiocarbonyl (C=S) groups is 1. The Morgan fingerprint density at radius 2 is 1.82 bits per heavy atom. The van der Waals surface area contributed by atoms with Crippen molar-refractivity contribution in [3.63, 3.8) is 0 Å².